The number of ether oxygens (including phenoxy) is 1. The van der Waals surface area contributed by atoms with E-state index in [0.29, 0.717) is 31.8 Å². The van der Waals surface area contributed by atoms with Crippen LogP contribution < -0.4 is 10.6 Å². The van der Waals surface area contributed by atoms with E-state index >= 15 is 0 Å². The van der Waals surface area contributed by atoms with Crippen molar-refractivity contribution in [2.75, 3.05) is 20.1 Å². The lowest BCUT2D eigenvalue weighted by Crippen LogP contribution is -2.48. The van der Waals surface area contributed by atoms with Crippen molar-refractivity contribution < 1.29 is 24.2 Å². The molecule has 8 heteroatoms. The first-order chi connectivity index (χ1) is 12.6. The molecule has 1 atom stereocenters. The Bertz CT molecular complexity index is 498. The molecule has 0 aliphatic heterocycles. The molecule has 1 aliphatic rings. The summed E-state index contributed by atoms with van der Waals surface area (Å²) in [5, 5.41) is 14.1. The number of carbonyl (C=O) groups excluding carboxylic acids is 2. The van der Waals surface area contributed by atoms with Gasteiger partial charge in [-0.15, -0.1) is 0 Å². The largest absolute Gasteiger partial charge is 0.465 e. The minimum atomic E-state index is -1.18. The molecule has 3 N–H and O–H groups in total. The third-order valence-electron chi connectivity index (χ3n) is 4.58. The highest BCUT2D eigenvalue weighted by Gasteiger charge is 2.25. The number of hydrogen-bond acceptors (Lipinski definition) is 4. The summed E-state index contributed by atoms with van der Waals surface area (Å²) < 4.78 is 5.27. The molecule has 1 aliphatic carbocycles. The monoisotopic (exact) mass is 385 g/mol. The first-order valence-electron chi connectivity index (χ1n) is 9.80. The van der Waals surface area contributed by atoms with Gasteiger partial charge in [0.25, 0.3) is 0 Å². The van der Waals surface area contributed by atoms with Crippen molar-refractivity contribution in [3.63, 3.8) is 0 Å². The highest BCUT2D eigenvalue weighted by molar-refractivity contribution is 5.85. The maximum absolute atomic E-state index is 12.4. The zero-order chi connectivity index (χ0) is 20.4. The Hall–Kier alpha value is -1.99. The van der Waals surface area contributed by atoms with Crippen LogP contribution in [0.4, 0.5) is 9.59 Å². The fourth-order valence-corrected chi connectivity index (χ4v) is 3.22. The molecule has 0 aromatic carbocycles. The Labute approximate surface area is 162 Å². The zero-order valence-electron chi connectivity index (χ0n) is 17.0. The van der Waals surface area contributed by atoms with Gasteiger partial charge in [0.2, 0.25) is 5.91 Å². The molecule has 0 unspecified atom stereocenters. The van der Waals surface area contributed by atoms with Crippen molar-refractivity contribution in [3.8, 4) is 0 Å². The Morgan fingerprint density at radius 1 is 1.19 bits per heavy atom. The van der Waals surface area contributed by atoms with Crippen LogP contribution >= 0.6 is 0 Å². The highest BCUT2D eigenvalue weighted by atomic mass is 16.6. The summed E-state index contributed by atoms with van der Waals surface area (Å²) in [7, 11) is 1.65. The van der Waals surface area contributed by atoms with Crippen LogP contribution in [0.25, 0.3) is 0 Å². The number of rotatable bonds is 8. The van der Waals surface area contributed by atoms with Crippen LogP contribution in [0, 0.1) is 5.92 Å². The number of carbonyl (C=O) groups is 3. The van der Waals surface area contributed by atoms with Gasteiger partial charge in [0, 0.05) is 20.1 Å². The Morgan fingerprint density at radius 2 is 1.81 bits per heavy atom. The second kappa shape index (κ2) is 11.0. The molecule has 0 radical (unpaired) electrons. The summed E-state index contributed by atoms with van der Waals surface area (Å²) in [4.78, 5) is 36.7. The molecule has 8 nitrogen and oxygen atoms in total. The van der Waals surface area contributed by atoms with Crippen molar-refractivity contribution in [1.82, 2.24) is 15.5 Å². The Kier molecular flexibility index (Phi) is 9.38. The van der Waals surface area contributed by atoms with Gasteiger partial charge >= 0.3 is 12.2 Å². The van der Waals surface area contributed by atoms with E-state index in [1.807, 2.05) is 0 Å². The molecule has 1 saturated carbocycles. The molecular formula is C19H35N3O5. The SMILES string of the molecule is CN(CCCNC(=O)[C@H](CC1CCCCC1)NC(=O)O)C(=O)OC(C)(C)C. The quantitative estimate of drug-likeness (QED) is 0.557. The Morgan fingerprint density at radius 3 is 2.37 bits per heavy atom. The molecule has 3 amide bonds. The van der Waals surface area contributed by atoms with Crippen LogP contribution in [-0.2, 0) is 9.53 Å². The van der Waals surface area contributed by atoms with Crippen LogP contribution in [-0.4, -0.2) is 59.9 Å². The lowest BCUT2D eigenvalue weighted by Gasteiger charge is -2.26. The third kappa shape index (κ3) is 10.1. The number of hydrogen-bond donors (Lipinski definition) is 3. The van der Waals surface area contributed by atoms with Crippen LogP contribution in [0.3, 0.4) is 0 Å². The number of carboxylic acid groups (broad SMARTS) is 1. The second-order valence-corrected chi connectivity index (χ2v) is 8.29. The topological polar surface area (TPSA) is 108 Å². The first kappa shape index (κ1) is 23.0. The van der Waals surface area contributed by atoms with E-state index in [4.69, 9.17) is 9.84 Å². The predicted molar refractivity (Wildman–Crippen MR) is 103 cm³/mol. The van der Waals surface area contributed by atoms with Gasteiger partial charge in [-0.05, 0) is 39.5 Å². The lowest BCUT2D eigenvalue weighted by molar-refractivity contribution is -0.123. The van der Waals surface area contributed by atoms with Crippen LogP contribution in [0.2, 0.25) is 0 Å². The molecule has 0 aromatic heterocycles. The smallest absolute Gasteiger partial charge is 0.410 e. The van der Waals surface area contributed by atoms with Gasteiger partial charge in [-0.1, -0.05) is 32.1 Å². The molecule has 0 spiro atoms. The average molecular weight is 386 g/mol. The molecular weight excluding hydrogens is 350 g/mol. The van der Waals surface area contributed by atoms with Gasteiger partial charge in [0.15, 0.2) is 0 Å². The minimum absolute atomic E-state index is 0.303. The first-order valence-corrected chi connectivity index (χ1v) is 9.80. The van der Waals surface area contributed by atoms with E-state index < -0.39 is 23.8 Å². The lowest BCUT2D eigenvalue weighted by atomic mass is 9.84. The van der Waals surface area contributed by atoms with E-state index in [1.165, 1.54) is 11.3 Å². The zero-order valence-corrected chi connectivity index (χ0v) is 17.0. The van der Waals surface area contributed by atoms with E-state index in [-0.39, 0.29) is 5.91 Å². The normalized spacial score (nSPS) is 16.3. The van der Waals surface area contributed by atoms with Gasteiger partial charge in [0.1, 0.15) is 11.6 Å². The summed E-state index contributed by atoms with van der Waals surface area (Å²) in [5.41, 5.74) is -0.547. The number of amides is 3. The molecule has 156 valence electrons. The summed E-state index contributed by atoms with van der Waals surface area (Å²) in [6.45, 7) is 6.23. The molecule has 0 heterocycles. The summed E-state index contributed by atoms with van der Waals surface area (Å²) in [6.07, 6.45) is 5.10. The summed E-state index contributed by atoms with van der Waals surface area (Å²) in [6, 6.07) is -0.728. The van der Waals surface area contributed by atoms with Crippen LogP contribution in [0.1, 0.15) is 65.7 Å². The van der Waals surface area contributed by atoms with Gasteiger partial charge < -0.3 is 25.4 Å². The number of nitrogens with zero attached hydrogens (tertiary/aromatic N) is 1. The maximum atomic E-state index is 12.4. The molecule has 0 bridgehead atoms. The van der Waals surface area contributed by atoms with Gasteiger partial charge in [-0.3, -0.25) is 4.79 Å². The molecule has 27 heavy (non-hydrogen) atoms. The Balaban J connectivity index is 2.37. The van der Waals surface area contributed by atoms with Gasteiger partial charge in [-0.25, -0.2) is 9.59 Å². The van der Waals surface area contributed by atoms with E-state index in [0.717, 1.165) is 25.7 Å². The van der Waals surface area contributed by atoms with Crippen molar-refractivity contribution in [3.05, 3.63) is 0 Å². The highest BCUT2D eigenvalue weighted by Crippen LogP contribution is 2.27. The standard InChI is InChI=1S/C19H35N3O5/c1-19(2,3)27-18(26)22(4)12-8-11-20-16(23)15(21-17(24)25)13-14-9-6-5-7-10-14/h14-15,21H,5-13H2,1-4H3,(H,20,23)(H,24,25)/t15-/m0/s1. The van der Waals surface area contributed by atoms with Crippen molar-refractivity contribution in [2.24, 2.45) is 5.92 Å². The van der Waals surface area contributed by atoms with Gasteiger partial charge in [0.05, 0.1) is 0 Å². The summed E-state index contributed by atoms with van der Waals surface area (Å²) >= 11 is 0. The van der Waals surface area contributed by atoms with Crippen molar-refractivity contribution >= 4 is 18.1 Å². The molecule has 1 fully saturated rings. The van der Waals surface area contributed by atoms with E-state index in [1.54, 1.807) is 27.8 Å². The molecule has 1 rings (SSSR count). The fraction of sp³-hybridized carbons (Fsp3) is 0.842. The molecule has 0 aromatic rings. The predicted octanol–water partition coefficient (Wildman–Crippen LogP) is 2.97. The fourth-order valence-electron chi connectivity index (χ4n) is 3.22. The van der Waals surface area contributed by atoms with Crippen molar-refractivity contribution in [1.29, 1.82) is 0 Å². The van der Waals surface area contributed by atoms with Crippen LogP contribution in [0.5, 0.6) is 0 Å². The summed E-state index contributed by atoms with van der Waals surface area (Å²) in [5.74, 6) is 0.0857. The molecule has 0 saturated heterocycles. The van der Waals surface area contributed by atoms with E-state index in [9.17, 15) is 14.4 Å². The van der Waals surface area contributed by atoms with E-state index in [2.05, 4.69) is 10.6 Å². The van der Waals surface area contributed by atoms with Crippen LogP contribution in [0.15, 0.2) is 0 Å². The van der Waals surface area contributed by atoms with Crippen molar-refractivity contribution in [2.45, 2.75) is 77.4 Å². The minimum Gasteiger partial charge on any atom is -0.465 e. The third-order valence-corrected chi connectivity index (χ3v) is 4.58. The van der Waals surface area contributed by atoms with Gasteiger partial charge in [-0.2, -0.15) is 0 Å². The second-order valence-electron chi connectivity index (χ2n) is 8.29. The maximum Gasteiger partial charge on any atom is 0.410 e. The average Bonchev–Trinajstić information content (AvgIpc) is 2.56. The number of nitrogens with one attached hydrogen (secondary N) is 2.